The summed E-state index contributed by atoms with van der Waals surface area (Å²) in [5.74, 6) is 1.21. The first-order chi connectivity index (χ1) is 8.20. The van der Waals surface area contributed by atoms with Crippen LogP contribution in [0.15, 0.2) is 30.7 Å². The number of hydrogen-bond donors (Lipinski definition) is 2. The molecule has 0 aliphatic heterocycles. The quantitative estimate of drug-likeness (QED) is 0.875. The van der Waals surface area contributed by atoms with Gasteiger partial charge in [-0.15, -0.1) is 0 Å². The summed E-state index contributed by atoms with van der Waals surface area (Å²) >= 11 is 6.05. The predicted octanol–water partition coefficient (Wildman–Crippen LogP) is 2.46. The standard InChI is InChI=1S/C11H11ClN4O/c1-17-7-2-3-8(12)10(4-7)16-11-9(13)5-14-6-15-11/h2-6H,13H2,1H3,(H,14,15,16). The van der Waals surface area contributed by atoms with Crippen LogP contribution in [0, 0.1) is 0 Å². The highest BCUT2D eigenvalue weighted by molar-refractivity contribution is 6.33. The summed E-state index contributed by atoms with van der Waals surface area (Å²) in [6, 6.07) is 5.28. The monoisotopic (exact) mass is 250 g/mol. The van der Waals surface area contributed by atoms with Gasteiger partial charge >= 0.3 is 0 Å². The van der Waals surface area contributed by atoms with Crippen LogP contribution in [0.25, 0.3) is 0 Å². The summed E-state index contributed by atoms with van der Waals surface area (Å²) in [5, 5.41) is 3.59. The Morgan fingerprint density at radius 1 is 1.41 bits per heavy atom. The van der Waals surface area contributed by atoms with Crippen LogP contribution in [0.5, 0.6) is 5.75 Å². The number of hydrogen-bond acceptors (Lipinski definition) is 5. The largest absolute Gasteiger partial charge is 0.497 e. The summed E-state index contributed by atoms with van der Waals surface area (Å²) in [6.07, 6.45) is 2.93. The molecule has 0 unspecified atom stereocenters. The maximum Gasteiger partial charge on any atom is 0.157 e. The van der Waals surface area contributed by atoms with Crippen molar-refractivity contribution in [3.05, 3.63) is 35.7 Å². The van der Waals surface area contributed by atoms with Crippen molar-refractivity contribution >= 4 is 28.8 Å². The molecule has 0 aliphatic carbocycles. The number of benzene rings is 1. The fourth-order valence-corrected chi connectivity index (χ4v) is 1.46. The van der Waals surface area contributed by atoms with E-state index in [0.29, 0.717) is 28.0 Å². The number of rotatable bonds is 3. The highest BCUT2D eigenvalue weighted by Crippen LogP contribution is 2.30. The van der Waals surface area contributed by atoms with Crippen LogP contribution in [0.2, 0.25) is 5.02 Å². The Labute approximate surface area is 104 Å². The molecule has 3 N–H and O–H groups in total. The lowest BCUT2D eigenvalue weighted by Gasteiger charge is -2.10. The molecule has 0 fully saturated rings. The van der Waals surface area contributed by atoms with Gasteiger partial charge in [0.1, 0.15) is 12.1 Å². The number of methoxy groups -OCH3 is 1. The van der Waals surface area contributed by atoms with Crippen molar-refractivity contribution in [3.8, 4) is 5.75 Å². The van der Waals surface area contributed by atoms with Crippen molar-refractivity contribution in [2.45, 2.75) is 0 Å². The van der Waals surface area contributed by atoms with Crippen LogP contribution in [-0.4, -0.2) is 17.1 Å². The minimum atomic E-state index is 0.450. The van der Waals surface area contributed by atoms with Crippen molar-refractivity contribution in [3.63, 3.8) is 0 Å². The van der Waals surface area contributed by atoms with Gasteiger partial charge in [0.2, 0.25) is 0 Å². The first-order valence-corrected chi connectivity index (χ1v) is 5.24. The average molecular weight is 251 g/mol. The smallest absolute Gasteiger partial charge is 0.157 e. The molecule has 2 rings (SSSR count). The van der Waals surface area contributed by atoms with Crippen LogP contribution < -0.4 is 15.8 Å². The van der Waals surface area contributed by atoms with Crippen molar-refractivity contribution in [1.82, 2.24) is 9.97 Å². The fraction of sp³-hybridized carbons (Fsp3) is 0.0909. The second-order valence-electron chi connectivity index (χ2n) is 3.30. The summed E-state index contributed by atoms with van der Waals surface area (Å²) in [7, 11) is 1.59. The van der Waals surface area contributed by atoms with Crippen molar-refractivity contribution in [2.24, 2.45) is 0 Å². The van der Waals surface area contributed by atoms with Gasteiger partial charge in [0.25, 0.3) is 0 Å². The molecule has 0 radical (unpaired) electrons. The number of ether oxygens (including phenoxy) is 1. The highest BCUT2D eigenvalue weighted by atomic mass is 35.5. The van der Waals surface area contributed by atoms with Gasteiger partial charge in [0.15, 0.2) is 5.82 Å². The molecule has 6 heteroatoms. The summed E-state index contributed by atoms with van der Waals surface area (Å²) in [6.45, 7) is 0. The zero-order valence-corrected chi connectivity index (χ0v) is 9.90. The van der Waals surface area contributed by atoms with E-state index in [-0.39, 0.29) is 0 Å². The van der Waals surface area contributed by atoms with Crippen LogP contribution in [0.1, 0.15) is 0 Å². The Hall–Kier alpha value is -2.01. The number of halogens is 1. The minimum Gasteiger partial charge on any atom is -0.497 e. The molecular weight excluding hydrogens is 240 g/mol. The Balaban J connectivity index is 2.32. The lowest BCUT2D eigenvalue weighted by Crippen LogP contribution is -2.00. The van der Waals surface area contributed by atoms with Crippen LogP contribution in [0.4, 0.5) is 17.2 Å². The average Bonchev–Trinajstić information content (AvgIpc) is 2.35. The van der Waals surface area contributed by atoms with E-state index < -0.39 is 0 Å². The van der Waals surface area contributed by atoms with E-state index in [1.807, 2.05) is 0 Å². The van der Waals surface area contributed by atoms with Gasteiger partial charge in [-0.2, -0.15) is 0 Å². The molecule has 17 heavy (non-hydrogen) atoms. The van der Waals surface area contributed by atoms with Gasteiger partial charge in [0, 0.05) is 6.07 Å². The van der Waals surface area contributed by atoms with E-state index in [1.165, 1.54) is 12.5 Å². The number of nitrogens with one attached hydrogen (secondary N) is 1. The molecule has 2 aromatic rings. The number of nitrogens with zero attached hydrogens (tertiary/aromatic N) is 2. The maximum absolute atomic E-state index is 6.05. The predicted molar refractivity (Wildman–Crippen MR) is 67.7 cm³/mol. The Bertz CT molecular complexity index is 533. The highest BCUT2D eigenvalue weighted by Gasteiger charge is 2.05. The van der Waals surface area contributed by atoms with Crippen molar-refractivity contribution in [1.29, 1.82) is 0 Å². The number of nitrogen functional groups attached to an aromatic ring is 1. The lowest BCUT2D eigenvalue weighted by molar-refractivity contribution is 0.415. The molecule has 0 spiro atoms. The molecule has 0 atom stereocenters. The molecule has 5 nitrogen and oxygen atoms in total. The molecule has 0 bridgehead atoms. The van der Waals surface area contributed by atoms with Gasteiger partial charge in [-0.25, -0.2) is 9.97 Å². The topological polar surface area (TPSA) is 73.1 Å². The van der Waals surface area contributed by atoms with E-state index >= 15 is 0 Å². The number of nitrogens with two attached hydrogens (primary N) is 1. The fourth-order valence-electron chi connectivity index (χ4n) is 1.30. The van der Waals surface area contributed by atoms with E-state index in [2.05, 4.69) is 15.3 Å². The zero-order chi connectivity index (χ0) is 12.3. The minimum absolute atomic E-state index is 0.450. The van der Waals surface area contributed by atoms with Gasteiger partial charge < -0.3 is 15.8 Å². The van der Waals surface area contributed by atoms with Crippen LogP contribution >= 0.6 is 11.6 Å². The lowest BCUT2D eigenvalue weighted by atomic mass is 10.3. The van der Waals surface area contributed by atoms with E-state index in [1.54, 1.807) is 25.3 Å². The Kier molecular flexibility index (Phi) is 3.30. The second-order valence-corrected chi connectivity index (χ2v) is 3.70. The summed E-state index contributed by atoms with van der Waals surface area (Å²) in [4.78, 5) is 7.83. The van der Waals surface area contributed by atoms with Gasteiger partial charge in [0.05, 0.1) is 29.7 Å². The maximum atomic E-state index is 6.05. The van der Waals surface area contributed by atoms with E-state index in [9.17, 15) is 0 Å². The number of aromatic nitrogens is 2. The second kappa shape index (κ2) is 4.88. The normalized spacial score (nSPS) is 10.0. The third kappa shape index (κ3) is 2.57. The molecule has 88 valence electrons. The van der Waals surface area contributed by atoms with Gasteiger partial charge in [-0.3, -0.25) is 0 Å². The number of anilines is 3. The van der Waals surface area contributed by atoms with Crippen molar-refractivity contribution in [2.75, 3.05) is 18.2 Å². The van der Waals surface area contributed by atoms with Crippen molar-refractivity contribution < 1.29 is 4.74 Å². The molecule has 0 amide bonds. The Morgan fingerprint density at radius 2 is 2.24 bits per heavy atom. The van der Waals surface area contributed by atoms with Crippen LogP contribution in [-0.2, 0) is 0 Å². The van der Waals surface area contributed by atoms with Crippen LogP contribution in [0.3, 0.4) is 0 Å². The molecule has 1 heterocycles. The summed E-state index contributed by atoms with van der Waals surface area (Å²) < 4.78 is 5.12. The molecule has 0 saturated heterocycles. The molecule has 0 aliphatic rings. The third-order valence-corrected chi connectivity index (χ3v) is 2.50. The Morgan fingerprint density at radius 3 is 2.94 bits per heavy atom. The van der Waals surface area contributed by atoms with Gasteiger partial charge in [-0.05, 0) is 12.1 Å². The zero-order valence-electron chi connectivity index (χ0n) is 9.14. The first-order valence-electron chi connectivity index (χ1n) is 4.86. The summed E-state index contributed by atoms with van der Waals surface area (Å²) in [5.41, 5.74) is 6.85. The molecular formula is C11H11ClN4O. The SMILES string of the molecule is COc1ccc(Cl)c(Nc2ncncc2N)c1. The van der Waals surface area contributed by atoms with E-state index in [4.69, 9.17) is 22.1 Å². The van der Waals surface area contributed by atoms with E-state index in [0.717, 1.165) is 0 Å². The third-order valence-electron chi connectivity index (χ3n) is 2.17. The molecule has 0 saturated carbocycles. The first kappa shape index (κ1) is 11.5. The molecule has 1 aromatic heterocycles. The molecule has 1 aromatic carbocycles. The van der Waals surface area contributed by atoms with Gasteiger partial charge in [-0.1, -0.05) is 11.6 Å².